The van der Waals surface area contributed by atoms with Crippen molar-refractivity contribution >= 4 is 0 Å². The van der Waals surface area contributed by atoms with Crippen molar-refractivity contribution in [1.82, 2.24) is 0 Å². The van der Waals surface area contributed by atoms with Crippen molar-refractivity contribution < 1.29 is 0 Å². The van der Waals surface area contributed by atoms with Crippen LogP contribution < -0.4 is 5.73 Å². The van der Waals surface area contributed by atoms with E-state index in [0.29, 0.717) is 6.04 Å². The van der Waals surface area contributed by atoms with Gasteiger partial charge in [0.1, 0.15) is 0 Å². The average molecular weight is 111 g/mol. The van der Waals surface area contributed by atoms with Crippen molar-refractivity contribution in [1.29, 1.82) is 0 Å². The molecule has 0 radical (unpaired) electrons. The van der Waals surface area contributed by atoms with Crippen LogP contribution in [0.4, 0.5) is 0 Å². The van der Waals surface area contributed by atoms with E-state index in [2.05, 4.69) is 12.2 Å². The molecular weight excluding hydrogens is 98.1 g/mol. The molecule has 0 aromatic heterocycles. The average Bonchev–Trinajstić information content (AvgIpc) is 1.94. The molecule has 1 heteroatoms. The van der Waals surface area contributed by atoms with E-state index in [-0.39, 0.29) is 0 Å². The zero-order chi connectivity index (χ0) is 5.82. The van der Waals surface area contributed by atoms with Crippen LogP contribution in [0.15, 0.2) is 12.2 Å². The highest BCUT2D eigenvalue weighted by molar-refractivity contribution is 4.93. The summed E-state index contributed by atoms with van der Waals surface area (Å²) in [4.78, 5) is 0. The van der Waals surface area contributed by atoms with Crippen LogP contribution >= 0.6 is 0 Å². The molecule has 1 nitrogen and oxygen atoms in total. The molecule has 0 saturated heterocycles. The molecule has 0 saturated carbocycles. The lowest BCUT2D eigenvalue weighted by Crippen LogP contribution is -2.14. The van der Waals surface area contributed by atoms with Gasteiger partial charge >= 0.3 is 0 Å². The SMILES string of the molecule is N[C@@H]1C=CCCCC1. The standard InChI is InChI=1S/C7H13N/c8-7-5-3-1-2-4-6-7/h3,5,7H,1-2,4,6,8H2/t7-/m1/s1. The smallest absolute Gasteiger partial charge is 0.0223 e. The Hall–Kier alpha value is -0.300. The number of hydrogen-bond donors (Lipinski definition) is 1. The summed E-state index contributed by atoms with van der Waals surface area (Å²) >= 11 is 0. The van der Waals surface area contributed by atoms with Crippen molar-refractivity contribution in [3.63, 3.8) is 0 Å². The summed E-state index contributed by atoms with van der Waals surface area (Å²) < 4.78 is 0. The lowest BCUT2D eigenvalue weighted by Gasteiger charge is -1.99. The molecule has 0 unspecified atom stereocenters. The van der Waals surface area contributed by atoms with Crippen molar-refractivity contribution in [3.8, 4) is 0 Å². The van der Waals surface area contributed by atoms with Gasteiger partial charge in [-0.05, 0) is 19.3 Å². The summed E-state index contributed by atoms with van der Waals surface area (Å²) in [5, 5.41) is 0. The molecule has 1 rings (SSSR count). The van der Waals surface area contributed by atoms with Gasteiger partial charge in [0.2, 0.25) is 0 Å². The summed E-state index contributed by atoms with van der Waals surface area (Å²) in [6.45, 7) is 0. The maximum absolute atomic E-state index is 5.65. The van der Waals surface area contributed by atoms with E-state index in [1.807, 2.05) is 0 Å². The minimum atomic E-state index is 0.345. The zero-order valence-electron chi connectivity index (χ0n) is 5.14. The van der Waals surface area contributed by atoms with Crippen LogP contribution in [-0.2, 0) is 0 Å². The second-order valence-corrected chi connectivity index (χ2v) is 2.38. The highest BCUT2D eigenvalue weighted by Crippen LogP contribution is 2.08. The molecule has 0 aromatic rings. The van der Waals surface area contributed by atoms with Crippen LogP contribution in [0.5, 0.6) is 0 Å². The van der Waals surface area contributed by atoms with Gasteiger partial charge in [0.05, 0.1) is 0 Å². The minimum Gasteiger partial charge on any atom is -0.324 e. The first-order chi connectivity index (χ1) is 3.89. The van der Waals surface area contributed by atoms with Gasteiger partial charge in [0.25, 0.3) is 0 Å². The molecule has 1 aliphatic carbocycles. The third kappa shape index (κ3) is 1.66. The second-order valence-electron chi connectivity index (χ2n) is 2.38. The Morgan fingerprint density at radius 1 is 1.38 bits per heavy atom. The van der Waals surface area contributed by atoms with Gasteiger partial charge in [-0.25, -0.2) is 0 Å². The van der Waals surface area contributed by atoms with Gasteiger partial charge in [-0.1, -0.05) is 18.6 Å². The fourth-order valence-corrected chi connectivity index (χ4v) is 1.01. The lowest BCUT2D eigenvalue weighted by atomic mass is 10.2. The Balaban J connectivity index is 2.33. The lowest BCUT2D eigenvalue weighted by molar-refractivity contribution is 0.657. The molecule has 8 heavy (non-hydrogen) atoms. The highest BCUT2D eigenvalue weighted by atomic mass is 14.6. The maximum Gasteiger partial charge on any atom is 0.0223 e. The van der Waals surface area contributed by atoms with Crippen LogP contribution in [0, 0.1) is 0 Å². The van der Waals surface area contributed by atoms with Gasteiger partial charge in [-0.15, -0.1) is 0 Å². The van der Waals surface area contributed by atoms with E-state index in [4.69, 9.17) is 5.73 Å². The Morgan fingerprint density at radius 2 is 2.25 bits per heavy atom. The molecule has 1 aliphatic rings. The fourth-order valence-electron chi connectivity index (χ4n) is 1.01. The number of hydrogen-bond acceptors (Lipinski definition) is 1. The van der Waals surface area contributed by atoms with E-state index >= 15 is 0 Å². The molecule has 1 atom stereocenters. The molecule has 0 aliphatic heterocycles. The van der Waals surface area contributed by atoms with Gasteiger partial charge in [-0.2, -0.15) is 0 Å². The van der Waals surface area contributed by atoms with Crippen molar-refractivity contribution in [2.45, 2.75) is 31.7 Å². The van der Waals surface area contributed by atoms with E-state index in [0.717, 1.165) is 0 Å². The topological polar surface area (TPSA) is 26.0 Å². The van der Waals surface area contributed by atoms with Gasteiger partial charge in [0, 0.05) is 6.04 Å². The van der Waals surface area contributed by atoms with Crippen LogP contribution in [0.25, 0.3) is 0 Å². The van der Waals surface area contributed by atoms with Gasteiger partial charge in [-0.3, -0.25) is 0 Å². The Kier molecular flexibility index (Phi) is 2.10. The van der Waals surface area contributed by atoms with Crippen molar-refractivity contribution in [2.24, 2.45) is 5.73 Å². The maximum atomic E-state index is 5.65. The molecule has 0 bridgehead atoms. The molecule has 0 fully saturated rings. The molecule has 2 N–H and O–H groups in total. The first-order valence-electron chi connectivity index (χ1n) is 3.32. The predicted molar refractivity (Wildman–Crippen MR) is 35.6 cm³/mol. The summed E-state index contributed by atoms with van der Waals surface area (Å²) in [6, 6.07) is 0.345. The Bertz CT molecular complexity index is 86.4. The highest BCUT2D eigenvalue weighted by Gasteiger charge is 1.99. The van der Waals surface area contributed by atoms with Crippen molar-refractivity contribution in [2.75, 3.05) is 0 Å². The van der Waals surface area contributed by atoms with Crippen molar-refractivity contribution in [3.05, 3.63) is 12.2 Å². The first kappa shape index (κ1) is 5.83. The number of rotatable bonds is 0. The molecule has 0 spiro atoms. The summed E-state index contributed by atoms with van der Waals surface area (Å²) in [5.41, 5.74) is 5.65. The van der Waals surface area contributed by atoms with E-state index < -0.39 is 0 Å². The van der Waals surface area contributed by atoms with Crippen LogP contribution in [0.3, 0.4) is 0 Å². The summed E-state index contributed by atoms with van der Waals surface area (Å²) in [7, 11) is 0. The molecule has 0 heterocycles. The predicted octanol–water partition coefficient (Wildman–Crippen LogP) is 1.44. The number of nitrogens with two attached hydrogens (primary N) is 1. The van der Waals surface area contributed by atoms with E-state index in [1.165, 1.54) is 25.7 Å². The quantitative estimate of drug-likeness (QED) is 0.470. The molecule has 0 amide bonds. The monoisotopic (exact) mass is 111 g/mol. The Labute approximate surface area is 50.6 Å². The Morgan fingerprint density at radius 3 is 3.12 bits per heavy atom. The number of allylic oxidation sites excluding steroid dienone is 1. The third-order valence-corrected chi connectivity index (χ3v) is 1.54. The normalized spacial score (nSPS) is 29.9. The third-order valence-electron chi connectivity index (χ3n) is 1.54. The van der Waals surface area contributed by atoms with Gasteiger partial charge < -0.3 is 5.73 Å². The van der Waals surface area contributed by atoms with Gasteiger partial charge in [0.15, 0.2) is 0 Å². The molecule has 46 valence electrons. The van der Waals surface area contributed by atoms with E-state index in [1.54, 1.807) is 0 Å². The second kappa shape index (κ2) is 2.88. The first-order valence-corrected chi connectivity index (χ1v) is 3.32. The molecule has 0 aromatic carbocycles. The van der Waals surface area contributed by atoms with Crippen LogP contribution in [-0.4, -0.2) is 6.04 Å². The van der Waals surface area contributed by atoms with Crippen LogP contribution in [0.2, 0.25) is 0 Å². The summed E-state index contributed by atoms with van der Waals surface area (Å²) in [5.74, 6) is 0. The zero-order valence-corrected chi connectivity index (χ0v) is 5.14. The largest absolute Gasteiger partial charge is 0.324 e. The fraction of sp³-hybridized carbons (Fsp3) is 0.714. The molecular formula is C7H13N. The summed E-state index contributed by atoms with van der Waals surface area (Å²) in [6.07, 6.45) is 9.34. The minimum absolute atomic E-state index is 0.345. The van der Waals surface area contributed by atoms with Crippen LogP contribution in [0.1, 0.15) is 25.7 Å². The van der Waals surface area contributed by atoms with E-state index in [9.17, 15) is 0 Å².